The Balaban J connectivity index is 1.21. The average molecular weight is 428 g/mol. The summed E-state index contributed by atoms with van der Waals surface area (Å²) >= 11 is 6.31. The van der Waals surface area contributed by atoms with Crippen molar-refractivity contribution < 1.29 is 14.5 Å². The number of benzene rings is 2. The molecule has 2 N–H and O–H groups in total. The van der Waals surface area contributed by atoms with Crippen molar-refractivity contribution in [2.75, 3.05) is 54.4 Å². The lowest BCUT2D eigenvalue weighted by Gasteiger charge is -2.34. The molecule has 30 heavy (non-hydrogen) atoms. The van der Waals surface area contributed by atoms with E-state index in [2.05, 4.69) is 16.3 Å². The van der Waals surface area contributed by atoms with Gasteiger partial charge < -0.3 is 20.0 Å². The van der Waals surface area contributed by atoms with Gasteiger partial charge in [-0.1, -0.05) is 23.7 Å². The quantitative estimate of drug-likeness (QED) is 0.743. The number of carbonyl (C=O) groups excluding carboxylic acids is 2. The molecule has 2 fully saturated rings. The molecule has 0 radical (unpaired) electrons. The number of para-hydroxylation sites is 1. The van der Waals surface area contributed by atoms with Crippen LogP contribution in [0.25, 0.3) is 0 Å². The van der Waals surface area contributed by atoms with Crippen molar-refractivity contribution in [1.29, 1.82) is 0 Å². The first-order valence-electron chi connectivity index (χ1n) is 10.6. The first kappa shape index (κ1) is 20.7. The standard InChI is InChI=1S/C23H27ClN4O2/c24-20-4-1-2-5-21(20)27-16-14-26(15-17-27)13-11-22(29)25-18-7-9-19(10-8-18)28-12-3-6-23(28)30/h1-2,4-5,7-10H,3,6,11-17H2,(H,25,29)/p+1. The third kappa shape index (κ3) is 4.94. The summed E-state index contributed by atoms with van der Waals surface area (Å²) < 4.78 is 0. The molecule has 2 saturated heterocycles. The zero-order chi connectivity index (χ0) is 20.9. The number of nitrogens with one attached hydrogen (secondary N) is 2. The van der Waals surface area contributed by atoms with E-state index in [0.717, 1.165) is 67.8 Å². The number of hydrogen-bond donors (Lipinski definition) is 2. The van der Waals surface area contributed by atoms with Crippen LogP contribution in [0.5, 0.6) is 0 Å². The van der Waals surface area contributed by atoms with Crippen LogP contribution in [0.2, 0.25) is 5.02 Å². The molecule has 2 amide bonds. The van der Waals surface area contributed by atoms with E-state index >= 15 is 0 Å². The van der Waals surface area contributed by atoms with Crippen LogP contribution in [-0.2, 0) is 9.59 Å². The molecule has 0 aromatic heterocycles. The molecule has 2 aromatic carbocycles. The minimum Gasteiger partial charge on any atom is -0.359 e. The van der Waals surface area contributed by atoms with Crippen molar-refractivity contribution >= 4 is 40.5 Å². The predicted molar refractivity (Wildman–Crippen MR) is 121 cm³/mol. The molecule has 2 aliphatic rings. The molecule has 7 heteroatoms. The minimum absolute atomic E-state index is 0.0287. The Morgan fingerprint density at radius 1 is 1.03 bits per heavy atom. The fourth-order valence-electron chi connectivity index (χ4n) is 4.18. The van der Waals surface area contributed by atoms with Gasteiger partial charge in [-0.15, -0.1) is 0 Å². The first-order chi connectivity index (χ1) is 14.6. The van der Waals surface area contributed by atoms with Crippen molar-refractivity contribution in [2.24, 2.45) is 0 Å². The number of hydrogen-bond acceptors (Lipinski definition) is 3. The van der Waals surface area contributed by atoms with Crippen molar-refractivity contribution in [3.63, 3.8) is 0 Å². The number of carbonyl (C=O) groups is 2. The van der Waals surface area contributed by atoms with Crippen LogP contribution >= 0.6 is 11.6 Å². The number of quaternary nitrogens is 1. The van der Waals surface area contributed by atoms with Crippen LogP contribution in [0.4, 0.5) is 17.1 Å². The molecule has 0 unspecified atom stereocenters. The number of piperazine rings is 1. The largest absolute Gasteiger partial charge is 0.359 e. The van der Waals surface area contributed by atoms with Gasteiger partial charge in [0.1, 0.15) is 0 Å². The van der Waals surface area contributed by atoms with Crippen LogP contribution in [-0.4, -0.2) is 51.1 Å². The summed E-state index contributed by atoms with van der Waals surface area (Å²) in [6.45, 7) is 5.47. The predicted octanol–water partition coefficient (Wildman–Crippen LogP) is 2.20. The monoisotopic (exact) mass is 427 g/mol. The van der Waals surface area contributed by atoms with Gasteiger partial charge in [-0.3, -0.25) is 9.59 Å². The van der Waals surface area contributed by atoms with Crippen LogP contribution < -0.4 is 20.0 Å². The topological polar surface area (TPSA) is 57.1 Å². The molecule has 2 aromatic rings. The summed E-state index contributed by atoms with van der Waals surface area (Å²) in [4.78, 5) is 29.8. The highest BCUT2D eigenvalue weighted by molar-refractivity contribution is 6.33. The molecule has 0 aliphatic carbocycles. The summed E-state index contributed by atoms with van der Waals surface area (Å²) in [5.74, 6) is 0.199. The first-order valence-corrected chi connectivity index (χ1v) is 11.0. The summed E-state index contributed by atoms with van der Waals surface area (Å²) in [7, 11) is 0. The number of halogens is 1. The van der Waals surface area contributed by atoms with Gasteiger partial charge in [-0.2, -0.15) is 0 Å². The highest BCUT2D eigenvalue weighted by Gasteiger charge is 2.23. The molecule has 0 bridgehead atoms. The van der Waals surface area contributed by atoms with E-state index in [0.29, 0.717) is 12.8 Å². The Kier molecular flexibility index (Phi) is 6.55. The molecule has 6 nitrogen and oxygen atoms in total. The Morgan fingerprint density at radius 2 is 1.77 bits per heavy atom. The van der Waals surface area contributed by atoms with Crippen LogP contribution in [0.1, 0.15) is 19.3 Å². The molecule has 0 atom stereocenters. The lowest BCUT2D eigenvalue weighted by atomic mass is 10.2. The third-order valence-electron chi connectivity index (χ3n) is 5.91. The molecule has 0 saturated carbocycles. The number of rotatable bonds is 6. The number of anilines is 3. The van der Waals surface area contributed by atoms with Gasteiger partial charge in [0.05, 0.1) is 49.9 Å². The normalized spacial score (nSPS) is 17.4. The Bertz CT molecular complexity index is 894. The second-order valence-corrected chi connectivity index (χ2v) is 8.34. The van der Waals surface area contributed by atoms with Crippen molar-refractivity contribution in [2.45, 2.75) is 19.3 Å². The van der Waals surface area contributed by atoms with E-state index in [1.54, 1.807) is 4.90 Å². The SMILES string of the molecule is O=C(CC[NH+]1CCN(c2ccccc2Cl)CC1)Nc1ccc(N2CCCC2=O)cc1. The Hall–Kier alpha value is -2.57. The number of nitrogens with zero attached hydrogens (tertiary/aromatic N) is 2. The van der Waals surface area contributed by atoms with Gasteiger partial charge in [0.15, 0.2) is 0 Å². The van der Waals surface area contributed by atoms with Gasteiger partial charge in [-0.25, -0.2) is 0 Å². The van der Waals surface area contributed by atoms with Crippen molar-refractivity contribution in [3.8, 4) is 0 Å². The molecule has 2 heterocycles. The lowest BCUT2D eigenvalue weighted by Crippen LogP contribution is -3.15. The van der Waals surface area contributed by atoms with E-state index in [1.807, 2.05) is 42.5 Å². The van der Waals surface area contributed by atoms with Crippen molar-refractivity contribution in [3.05, 3.63) is 53.6 Å². The molecule has 0 spiro atoms. The second kappa shape index (κ2) is 9.49. The molecule has 4 rings (SSSR count). The summed E-state index contributed by atoms with van der Waals surface area (Å²) in [6.07, 6.45) is 2.02. The summed E-state index contributed by atoms with van der Waals surface area (Å²) in [6, 6.07) is 15.5. The fourth-order valence-corrected chi connectivity index (χ4v) is 4.44. The summed E-state index contributed by atoms with van der Waals surface area (Å²) in [5.41, 5.74) is 2.76. The maximum Gasteiger partial charge on any atom is 0.230 e. The molecular formula is C23H28ClN4O2+. The van der Waals surface area contributed by atoms with Gasteiger partial charge in [0, 0.05) is 24.3 Å². The van der Waals surface area contributed by atoms with Gasteiger partial charge in [0.25, 0.3) is 0 Å². The van der Waals surface area contributed by atoms with Crippen molar-refractivity contribution in [1.82, 2.24) is 0 Å². The Morgan fingerprint density at radius 3 is 2.43 bits per heavy atom. The van der Waals surface area contributed by atoms with E-state index in [1.165, 1.54) is 4.90 Å². The van der Waals surface area contributed by atoms with Gasteiger partial charge in [0.2, 0.25) is 11.8 Å². The fraction of sp³-hybridized carbons (Fsp3) is 0.391. The van der Waals surface area contributed by atoms with Crippen LogP contribution in [0.15, 0.2) is 48.5 Å². The zero-order valence-corrected chi connectivity index (χ0v) is 17.8. The number of amides is 2. The maximum atomic E-state index is 12.4. The van der Waals surface area contributed by atoms with Crippen LogP contribution in [0.3, 0.4) is 0 Å². The molecule has 158 valence electrons. The van der Waals surface area contributed by atoms with Gasteiger partial charge >= 0.3 is 0 Å². The van der Waals surface area contributed by atoms with Gasteiger partial charge in [-0.05, 0) is 42.8 Å². The highest BCUT2D eigenvalue weighted by atomic mass is 35.5. The van der Waals surface area contributed by atoms with E-state index < -0.39 is 0 Å². The molecule has 2 aliphatic heterocycles. The van der Waals surface area contributed by atoms with Crippen LogP contribution in [0, 0.1) is 0 Å². The van der Waals surface area contributed by atoms with E-state index in [4.69, 9.17) is 11.6 Å². The highest BCUT2D eigenvalue weighted by Crippen LogP contribution is 2.25. The minimum atomic E-state index is 0.0287. The Labute approximate surface area is 182 Å². The zero-order valence-electron chi connectivity index (χ0n) is 17.1. The maximum absolute atomic E-state index is 12.4. The smallest absolute Gasteiger partial charge is 0.230 e. The third-order valence-corrected chi connectivity index (χ3v) is 6.23. The van der Waals surface area contributed by atoms with E-state index in [9.17, 15) is 9.59 Å². The lowest BCUT2D eigenvalue weighted by molar-refractivity contribution is -0.900. The average Bonchev–Trinajstić information content (AvgIpc) is 3.19. The molecular weight excluding hydrogens is 400 g/mol. The van der Waals surface area contributed by atoms with E-state index in [-0.39, 0.29) is 11.8 Å². The summed E-state index contributed by atoms with van der Waals surface area (Å²) in [5, 5.41) is 3.76. The second-order valence-electron chi connectivity index (χ2n) is 7.93.